The van der Waals surface area contributed by atoms with Gasteiger partial charge in [-0.15, -0.1) is 11.8 Å². The summed E-state index contributed by atoms with van der Waals surface area (Å²) >= 11 is 1.71. The fourth-order valence-electron chi connectivity index (χ4n) is 2.26. The van der Waals surface area contributed by atoms with Crippen molar-refractivity contribution in [3.63, 3.8) is 0 Å². The lowest BCUT2D eigenvalue weighted by atomic mass is 10.1. The molecule has 2 aromatic carbocycles. The average Bonchev–Trinajstić information content (AvgIpc) is 2.87. The molecule has 1 aliphatic rings. The molecular weight excluding hydrogens is 275 g/mol. The Hall–Kier alpha value is -1.52. The van der Waals surface area contributed by atoms with E-state index in [2.05, 4.69) is 0 Å². The van der Waals surface area contributed by atoms with Crippen molar-refractivity contribution in [1.29, 1.82) is 0 Å². The molecule has 1 N–H and O–H groups in total. The highest BCUT2D eigenvalue weighted by atomic mass is 32.2. The molecule has 3 rings (SSSR count). The van der Waals surface area contributed by atoms with Gasteiger partial charge in [0.05, 0.1) is 6.61 Å². The first-order valence-corrected chi connectivity index (χ1v) is 7.51. The van der Waals surface area contributed by atoms with Crippen LogP contribution in [0.25, 0.3) is 0 Å². The van der Waals surface area contributed by atoms with Crippen LogP contribution in [0.1, 0.15) is 11.1 Å². The third-order valence-electron chi connectivity index (χ3n) is 3.31. The summed E-state index contributed by atoms with van der Waals surface area (Å²) in [6.07, 6.45) is 0.851. The van der Waals surface area contributed by atoms with Gasteiger partial charge in [0.2, 0.25) is 0 Å². The summed E-state index contributed by atoms with van der Waals surface area (Å²) in [6, 6.07) is 12.5. The van der Waals surface area contributed by atoms with Crippen molar-refractivity contribution in [3.8, 4) is 5.75 Å². The number of ether oxygens (including phenoxy) is 1. The van der Waals surface area contributed by atoms with Crippen LogP contribution in [0.3, 0.4) is 0 Å². The molecule has 0 bridgehead atoms. The third kappa shape index (κ3) is 2.97. The fraction of sp³-hybridized carbons (Fsp3) is 0.250. The van der Waals surface area contributed by atoms with Gasteiger partial charge >= 0.3 is 0 Å². The van der Waals surface area contributed by atoms with Crippen molar-refractivity contribution in [2.45, 2.75) is 24.0 Å². The summed E-state index contributed by atoms with van der Waals surface area (Å²) < 4.78 is 18.9. The normalized spacial score (nSPS) is 16.8. The van der Waals surface area contributed by atoms with E-state index in [0.29, 0.717) is 0 Å². The highest BCUT2D eigenvalue weighted by Crippen LogP contribution is 2.32. The summed E-state index contributed by atoms with van der Waals surface area (Å²) in [6.45, 7) is 0.0670. The van der Waals surface area contributed by atoms with Gasteiger partial charge in [0.25, 0.3) is 0 Å². The summed E-state index contributed by atoms with van der Waals surface area (Å²) in [7, 11) is 0. The summed E-state index contributed by atoms with van der Waals surface area (Å²) in [5.74, 6) is 1.42. The standard InChI is InChI=1S/C16H15FO2S/c17-13-3-6-16-12(7-13)8-14(19-16)10-20-15-4-1-11(9-18)2-5-15/h1-7,14,18H,8-10H2. The van der Waals surface area contributed by atoms with Gasteiger partial charge in [-0.3, -0.25) is 0 Å². The molecule has 1 heterocycles. The fourth-order valence-corrected chi connectivity index (χ4v) is 3.15. The first-order chi connectivity index (χ1) is 9.74. The molecule has 2 aromatic rings. The van der Waals surface area contributed by atoms with E-state index in [-0.39, 0.29) is 18.5 Å². The first-order valence-electron chi connectivity index (χ1n) is 6.52. The van der Waals surface area contributed by atoms with E-state index in [9.17, 15) is 4.39 Å². The summed E-state index contributed by atoms with van der Waals surface area (Å²) in [5, 5.41) is 9.00. The van der Waals surface area contributed by atoms with Gasteiger partial charge in [-0.2, -0.15) is 0 Å². The Bertz CT molecular complexity index is 598. The van der Waals surface area contributed by atoms with Crippen LogP contribution in [0.5, 0.6) is 5.75 Å². The number of hydrogen-bond donors (Lipinski definition) is 1. The van der Waals surface area contributed by atoms with Gasteiger partial charge in [0, 0.05) is 22.6 Å². The van der Waals surface area contributed by atoms with Crippen molar-refractivity contribution in [1.82, 2.24) is 0 Å². The SMILES string of the molecule is OCc1ccc(SCC2Cc3cc(F)ccc3O2)cc1. The first kappa shape index (κ1) is 13.5. The van der Waals surface area contributed by atoms with Crippen LogP contribution in [0.4, 0.5) is 4.39 Å². The van der Waals surface area contributed by atoms with E-state index in [1.807, 2.05) is 24.3 Å². The maximum atomic E-state index is 13.1. The van der Waals surface area contributed by atoms with Crippen molar-refractivity contribution in [2.24, 2.45) is 0 Å². The molecule has 0 aliphatic carbocycles. The van der Waals surface area contributed by atoms with Gasteiger partial charge in [0.15, 0.2) is 0 Å². The van der Waals surface area contributed by atoms with Gasteiger partial charge < -0.3 is 9.84 Å². The molecule has 2 nitrogen and oxygen atoms in total. The summed E-state index contributed by atoms with van der Waals surface area (Å²) in [4.78, 5) is 1.15. The zero-order chi connectivity index (χ0) is 13.9. The zero-order valence-electron chi connectivity index (χ0n) is 10.9. The summed E-state index contributed by atoms with van der Waals surface area (Å²) in [5.41, 5.74) is 1.86. The van der Waals surface area contributed by atoms with Gasteiger partial charge in [-0.05, 0) is 35.9 Å². The Morgan fingerprint density at radius 2 is 2.00 bits per heavy atom. The van der Waals surface area contributed by atoms with Crippen LogP contribution in [0, 0.1) is 5.82 Å². The Kier molecular flexibility index (Phi) is 3.94. The van der Waals surface area contributed by atoms with Crippen molar-refractivity contribution in [3.05, 3.63) is 59.4 Å². The lowest BCUT2D eigenvalue weighted by molar-refractivity contribution is 0.259. The molecule has 0 radical (unpaired) electrons. The number of halogens is 1. The van der Waals surface area contributed by atoms with Crippen LogP contribution in [0.15, 0.2) is 47.4 Å². The quantitative estimate of drug-likeness (QED) is 0.875. The minimum atomic E-state index is -0.208. The number of hydrogen-bond acceptors (Lipinski definition) is 3. The molecule has 1 atom stereocenters. The number of aliphatic hydroxyl groups excluding tert-OH is 1. The van der Waals surface area contributed by atoms with Crippen molar-refractivity contribution >= 4 is 11.8 Å². The third-order valence-corrected chi connectivity index (χ3v) is 4.45. The zero-order valence-corrected chi connectivity index (χ0v) is 11.7. The monoisotopic (exact) mass is 290 g/mol. The van der Waals surface area contributed by atoms with E-state index < -0.39 is 0 Å². The second-order valence-electron chi connectivity index (χ2n) is 4.81. The van der Waals surface area contributed by atoms with Gasteiger partial charge in [0.1, 0.15) is 17.7 Å². The van der Waals surface area contributed by atoms with E-state index in [1.165, 1.54) is 6.07 Å². The second kappa shape index (κ2) is 5.85. The number of thioether (sulfide) groups is 1. The predicted octanol–water partition coefficient (Wildman–Crippen LogP) is 3.41. The van der Waals surface area contributed by atoms with E-state index in [0.717, 1.165) is 33.9 Å². The van der Waals surface area contributed by atoms with Crippen LogP contribution in [-0.4, -0.2) is 17.0 Å². The van der Waals surface area contributed by atoms with Crippen LogP contribution >= 0.6 is 11.8 Å². The van der Waals surface area contributed by atoms with Gasteiger partial charge in [-0.25, -0.2) is 4.39 Å². The molecule has 0 saturated heterocycles. The van der Waals surface area contributed by atoms with Crippen LogP contribution in [-0.2, 0) is 13.0 Å². The smallest absolute Gasteiger partial charge is 0.123 e. The van der Waals surface area contributed by atoms with E-state index in [1.54, 1.807) is 23.9 Å². The maximum absolute atomic E-state index is 13.1. The highest BCUT2D eigenvalue weighted by molar-refractivity contribution is 7.99. The molecule has 4 heteroatoms. The molecule has 1 unspecified atom stereocenters. The minimum absolute atomic E-state index is 0.0670. The van der Waals surface area contributed by atoms with E-state index in [4.69, 9.17) is 9.84 Å². The molecule has 0 amide bonds. The molecule has 0 saturated carbocycles. The van der Waals surface area contributed by atoms with Crippen molar-refractivity contribution < 1.29 is 14.2 Å². The average molecular weight is 290 g/mol. The molecule has 104 valence electrons. The van der Waals surface area contributed by atoms with E-state index >= 15 is 0 Å². The molecule has 1 aliphatic heterocycles. The predicted molar refractivity (Wildman–Crippen MR) is 77.6 cm³/mol. The molecule has 0 spiro atoms. The van der Waals surface area contributed by atoms with Crippen molar-refractivity contribution in [2.75, 3.05) is 5.75 Å². The lowest BCUT2D eigenvalue weighted by Gasteiger charge is -2.10. The lowest BCUT2D eigenvalue weighted by Crippen LogP contribution is -2.15. The number of benzene rings is 2. The largest absolute Gasteiger partial charge is 0.489 e. The molecular formula is C16H15FO2S. The Balaban J connectivity index is 1.58. The number of fused-ring (bicyclic) bond motifs is 1. The Morgan fingerprint density at radius 3 is 2.75 bits per heavy atom. The Labute approximate surface area is 121 Å². The number of aliphatic hydroxyl groups is 1. The second-order valence-corrected chi connectivity index (χ2v) is 5.90. The molecule has 0 aromatic heterocycles. The number of rotatable bonds is 4. The van der Waals surface area contributed by atoms with Crippen LogP contribution < -0.4 is 4.74 Å². The maximum Gasteiger partial charge on any atom is 0.123 e. The Morgan fingerprint density at radius 1 is 1.20 bits per heavy atom. The topological polar surface area (TPSA) is 29.5 Å². The minimum Gasteiger partial charge on any atom is -0.489 e. The molecule has 20 heavy (non-hydrogen) atoms. The molecule has 0 fully saturated rings. The van der Waals surface area contributed by atoms with Gasteiger partial charge in [-0.1, -0.05) is 12.1 Å². The van der Waals surface area contributed by atoms with Crippen LogP contribution in [0.2, 0.25) is 0 Å². The highest BCUT2D eigenvalue weighted by Gasteiger charge is 2.23.